The monoisotopic (exact) mass is 314 g/mol. The number of hydrogen-bond donors (Lipinski definition) is 1. The molecule has 1 fully saturated rings. The highest BCUT2D eigenvalue weighted by Gasteiger charge is 2.39. The van der Waals surface area contributed by atoms with Crippen molar-refractivity contribution in [1.29, 1.82) is 0 Å². The van der Waals surface area contributed by atoms with Gasteiger partial charge < -0.3 is 0 Å². The minimum absolute atomic E-state index is 0.108. The Morgan fingerprint density at radius 1 is 1.35 bits per heavy atom. The topological polar surface area (TPSA) is 84.5 Å². The Labute approximate surface area is 136 Å². The van der Waals surface area contributed by atoms with E-state index in [1.807, 2.05) is 4.68 Å². The lowest BCUT2D eigenvalue weighted by atomic mass is 9.96. The van der Waals surface area contributed by atoms with Crippen LogP contribution in [0.15, 0.2) is 16.6 Å². The van der Waals surface area contributed by atoms with Gasteiger partial charge >= 0.3 is 0 Å². The van der Waals surface area contributed by atoms with Crippen LogP contribution >= 0.6 is 0 Å². The van der Waals surface area contributed by atoms with E-state index in [1.54, 1.807) is 6.33 Å². The molecule has 3 rings (SSSR count). The Morgan fingerprint density at radius 2 is 2.13 bits per heavy atom. The minimum atomic E-state index is -0.418. The summed E-state index contributed by atoms with van der Waals surface area (Å²) in [5.74, 6) is 2.85. The van der Waals surface area contributed by atoms with Gasteiger partial charge in [0.25, 0.3) is 0 Å². The second-order valence-corrected chi connectivity index (χ2v) is 6.27. The zero-order valence-corrected chi connectivity index (χ0v) is 13.2. The Hall–Kier alpha value is -2.23. The van der Waals surface area contributed by atoms with Gasteiger partial charge in [-0.05, 0) is 12.8 Å². The van der Waals surface area contributed by atoms with E-state index in [4.69, 9.17) is 6.42 Å². The summed E-state index contributed by atoms with van der Waals surface area (Å²) in [6, 6.07) is 0.415. The summed E-state index contributed by atoms with van der Waals surface area (Å²) in [4.78, 5) is 16.2. The zero-order valence-electron chi connectivity index (χ0n) is 13.2. The number of nitrogens with zero attached hydrogens (tertiary/aromatic N) is 5. The van der Waals surface area contributed by atoms with Gasteiger partial charge in [0.1, 0.15) is 6.33 Å². The fourth-order valence-electron chi connectivity index (χ4n) is 3.02. The molecule has 0 spiro atoms. The van der Waals surface area contributed by atoms with Crippen molar-refractivity contribution in [2.45, 2.75) is 69.5 Å². The van der Waals surface area contributed by atoms with E-state index < -0.39 is 5.66 Å². The molecule has 23 heavy (non-hydrogen) atoms. The summed E-state index contributed by atoms with van der Waals surface area (Å²) in [5, 5.41) is 15.2. The van der Waals surface area contributed by atoms with Crippen molar-refractivity contribution < 1.29 is 4.79 Å². The highest BCUT2D eigenvalue weighted by Crippen LogP contribution is 2.37. The van der Waals surface area contributed by atoms with Crippen LogP contribution in [0, 0.1) is 12.3 Å². The Bertz CT molecular complexity index is 617. The van der Waals surface area contributed by atoms with Gasteiger partial charge in [0, 0.05) is 25.7 Å². The van der Waals surface area contributed by atoms with Crippen molar-refractivity contribution in [2.75, 3.05) is 5.32 Å². The first-order chi connectivity index (χ1) is 11.2. The molecule has 1 saturated carbocycles. The fourth-order valence-corrected chi connectivity index (χ4v) is 3.02. The van der Waals surface area contributed by atoms with Gasteiger partial charge in [0.05, 0.1) is 6.04 Å². The predicted octanol–water partition coefficient (Wildman–Crippen LogP) is 3.08. The molecule has 1 aromatic rings. The van der Waals surface area contributed by atoms with E-state index in [2.05, 4.69) is 31.5 Å². The van der Waals surface area contributed by atoms with E-state index in [0.29, 0.717) is 37.7 Å². The summed E-state index contributed by atoms with van der Waals surface area (Å²) in [6.45, 7) is 0. The van der Waals surface area contributed by atoms with Crippen LogP contribution in [0.1, 0.15) is 63.8 Å². The van der Waals surface area contributed by atoms with Crippen LogP contribution in [-0.2, 0) is 4.79 Å². The third-order valence-corrected chi connectivity index (χ3v) is 4.51. The molecule has 0 saturated heterocycles. The molecule has 2 heterocycles. The molecule has 1 aliphatic heterocycles. The van der Waals surface area contributed by atoms with E-state index in [0.717, 1.165) is 12.8 Å². The molecule has 2 aliphatic rings. The molecule has 0 bridgehead atoms. The lowest BCUT2D eigenvalue weighted by Gasteiger charge is -2.21. The highest BCUT2D eigenvalue weighted by molar-refractivity contribution is 5.88. The molecule has 122 valence electrons. The van der Waals surface area contributed by atoms with Crippen LogP contribution in [0.25, 0.3) is 0 Å². The number of nitrogens with one attached hydrogen (secondary N) is 1. The average molecular weight is 314 g/mol. The minimum Gasteiger partial charge on any atom is -0.293 e. The maximum Gasteiger partial charge on any atom is 0.248 e. The lowest BCUT2D eigenvalue weighted by molar-refractivity contribution is -0.116. The van der Waals surface area contributed by atoms with Crippen molar-refractivity contribution in [3.8, 4) is 12.3 Å². The third kappa shape index (κ3) is 4.15. The quantitative estimate of drug-likeness (QED) is 0.785. The molecular formula is C16H22N6O. The van der Waals surface area contributed by atoms with E-state index in [1.165, 1.54) is 19.3 Å². The predicted molar refractivity (Wildman–Crippen MR) is 85.7 cm³/mol. The molecule has 7 nitrogen and oxygen atoms in total. The number of rotatable bonds is 7. The molecule has 1 aliphatic carbocycles. The molecular weight excluding hydrogens is 292 g/mol. The normalized spacial score (nSPS) is 19.3. The average Bonchev–Trinajstić information content (AvgIpc) is 3.21. The summed E-state index contributed by atoms with van der Waals surface area (Å²) >= 11 is 0. The van der Waals surface area contributed by atoms with Crippen molar-refractivity contribution in [2.24, 2.45) is 10.2 Å². The number of aromatic nitrogens is 3. The first-order valence-electron chi connectivity index (χ1n) is 8.29. The number of terminal acetylenes is 1. The Kier molecular flexibility index (Phi) is 4.70. The van der Waals surface area contributed by atoms with Gasteiger partial charge in [0.2, 0.25) is 11.9 Å². The second-order valence-electron chi connectivity index (χ2n) is 6.27. The van der Waals surface area contributed by atoms with Gasteiger partial charge in [0.15, 0.2) is 5.66 Å². The van der Waals surface area contributed by atoms with Gasteiger partial charge in [-0.15, -0.1) is 17.4 Å². The number of carbonyl (C=O) groups excluding carboxylic acids is 1. The summed E-state index contributed by atoms with van der Waals surface area (Å²) in [6.07, 6.45) is 15.3. The molecule has 0 unspecified atom stereocenters. The van der Waals surface area contributed by atoms with Crippen molar-refractivity contribution in [3.63, 3.8) is 0 Å². The highest BCUT2D eigenvalue weighted by atomic mass is 16.1. The van der Waals surface area contributed by atoms with Gasteiger partial charge in [-0.2, -0.15) is 10.2 Å². The molecule has 0 radical (unpaired) electrons. The van der Waals surface area contributed by atoms with Crippen LogP contribution in [-0.4, -0.2) is 26.3 Å². The largest absolute Gasteiger partial charge is 0.293 e. The first-order valence-corrected chi connectivity index (χ1v) is 8.29. The van der Waals surface area contributed by atoms with Crippen molar-refractivity contribution in [3.05, 3.63) is 6.33 Å². The van der Waals surface area contributed by atoms with Gasteiger partial charge in [-0.3, -0.25) is 10.1 Å². The summed E-state index contributed by atoms with van der Waals surface area (Å²) in [5.41, 5.74) is -0.418. The van der Waals surface area contributed by atoms with Crippen LogP contribution in [0.3, 0.4) is 0 Å². The van der Waals surface area contributed by atoms with Crippen LogP contribution in [0.5, 0.6) is 0 Å². The van der Waals surface area contributed by atoms with E-state index in [9.17, 15) is 4.79 Å². The fraction of sp³-hybridized carbons (Fsp3) is 0.688. The molecule has 1 N–H and O–H groups in total. The van der Waals surface area contributed by atoms with Gasteiger partial charge in [-0.1, -0.05) is 19.3 Å². The number of carbonyl (C=O) groups is 1. The molecule has 0 aromatic carbocycles. The molecule has 7 heteroatoms. The first kappa shape index (κ1) is 15.7. The molecule has 1 aromatic heterocycles. The molecule has 0 atom stereocenters. The van der Waals surface area contributed by atoms with E-state index in [-0.39, 0.29) is 5.91 Å². The summed E-state index contributed by atoms with van der Waals surface area (Å²) in [7, 11) is 0. The Morgan fingerprint density at radius 3 is 2.83 bits per heavy atom. The maximum atomic E-state index is 12.0. The second kappa shape index (κ2) is 6.90. The zero-order chi connectivity index (χ0) is 16.1. The standard InChI is InChI=1S/C16H22N6O/c1-2-3-10-16(20-21-16)11-9-14(23)18-15-17-12-22(19-15)13-7-5-4-6-8-13/h1,12-13H,3-11H2,(H,18,19,23). The number of hydrogen-bond acceptors (Lipinski definition) is 5. The van der Waals surface area contributed by atoms with E-state index >= 15 is 0 Å². The number of anilines is 1. The van der Waals surface area contributed by atoms with Crippen LogP contribution in [0.4, 0.5) is 5.95 Å². The smallest absolute Gasteiger partial charge is 0.248 e. The van der Waals surface area contributed by atoms with Crippen molar-refractivity contribution in [1.82, 2.24) is 14.8 Å². The molecule has 1 amide bonds. The number of amides is 1. The SMILES string of the molecule is C#CCCC1(CCC(=O)Nc2ncn(C3CCCCC3)n2)N=N1. The Balaban J connectivity index is 1.45. The maximum absolute atomic E-state index is 12.0. The van der Waals surface area contributed by atoms with Crippen LogP contribution < -0.4 is 5.32 Å². The summed E-state index contributed by atoms with van der Waals surface area (Å²) < 4.78 is 1.88. The lowest BCUT2D eigenvalue weighted by Crippen LogP contribution is -2.19. The van der Waals surface area contributed by atoms with Gasteiger partial charge in [-0.25, -0.2) is 9.67 Å². The van der Waals surface area contributed by atoms with Crippen molar-refractivity contribution >= 4 is 11.9 Å². The van der Waals surface area contributed by atoms with Crippen LogP contribution in [0.2, 0.25) is 0 Å². The third-order valence-electron chi connectivity index (χ3n) is 4.51.